The van der Waals surface area contributed by atoms with Gasteiger partial charge in [-0.15, -0.1) is 0 Å². The smallest absolute Gasteiger partial charge is 0.340 e. The Bertz CT molecular complexity index is 774. The molecule has 0 fully saturated rings. The highest BCUT2D eigenvalue weighted by atomic mass is 79.9. The summed E-state index contributed by atoms with van der Waals surface area (Å²) in [7, 11) is 1.27. The predicted molar refractivity (Wildman–Crippen MR) is 94.6 cm³/mol. The van der Waals surface area contributed by atoms with E-state index in [1.54, 1.807) is 18.2 Å². The van der Waals surface area contributed by atoms with Crippen LogP contribution in [0.15, 0.2) is 53.0 Å². The van der Waals surface area contributed by atoms with E-state index in [0.717, 1.165) is 10.0 Å². The maximum absolute atomic E-state index is 12.0. The van der Waals surface area contributed by atoms with Gasteiger partial charge in [-0.25, -0.2) is 4.79 Å². The van der Waals surface area contributed by atoms with Crippen molar-refractivity contribution >= 4 is 51.2 Å². The second-order valence-electron chi connectivity index (χ2n) is 4.56. The zero-order chi connectivity index (χ0) is 16.8. The first-order valence-corrected chi connectivity index (χ1v) is 7.79. The van der Waals surface area contributed by atoms with Crippen LogP contribution in [0.1, 0.15) is 15.9 Å². The molecule has 2 aromatic rings. The van der Waals surface area contributed by atoms with Crippen molar-refractivity contribution in [2.75, 3.05) is 12.4 Å². The summed E-state index contributed by atoms with van der Waals surface area (Å²) in [5, 5.41) is 3.02. The summed E-state index contributed by atoms with van der Waals surface area (Å²) in [6.45, 7) is 0. The number of anilines is 1. The number of esters is 1. The molecule has 0 aliphatic heterocycles. The van der Waals surface area contributed by atoms with E-state index in [1.807, 2.05) is 24.3 Å². The molecule has 118 valence electrons. The monoisotopic (exact) mass is 393 g/mol. The van der Waals surface area contributed by atoms with E-state index < -0.39 is 5.97 Å². The third-order valence-electron chi connectivity index (χ3n) is 2.92. The van der Waals surface area contributed by atoms with Gasteiger partial charge in [-0.05, 0) is 42.0 Å². The first-order chi connectivity index (χ1) is 11.0. The topological polar surface area (TPSA) is 55.4 Å². The third kappa shape index (κ3) is 4.94. The van der Waals surface area contributed by atoms with Gasteiger partial charge in [0.2, 0.25) is 5.91 Å². The Morgan fingerprint density at radius 1 is 1.22 bits per heavy atom. The molecule has 0 unspecified atom stereocenters. The zero-order valence-electron chi connectivity index (χ0n) is 12.2. The van der Waals surface area contributed by atoms with Gasteiger partial charge in [0.25, 0.3) is 0 Å². The Balaban J connectivity index is 2.16. The van der Waals surface area contributed by atoms with E-state index in [2.05, 4.69) is 26.0 Å². The van der Waals surface area contributed by atoms with Crippen LogP contribution >= 0.6 is 27.5 Å². The molecule has 0 spiro atoms. The number of hydrogen-bond acceptors (Lipinski definition) is 3. The van der Waals surface area contributed by atoms with Gasteiger partial charge >= 0.3 is 5.97 Å². The Kier molecular flexibility index (Phi) is 5.96. The number of carbonyl (C=O) groups is 2. The van der Waals surface area contributed by atoms with Crippen LogP contribution in [0.2, 0.25) is 5.02 Å². The standard InChI is InChI=1S/C17H13BrClNO3/c1-23-17(22)14-10-13(19)6-7-15(14)20-16(21)8-5-11-3-2-4-12(18)9-11/h2-10H,1H3,(H,20,21). The van der Waals surface area contributed by atoms with Gasteiger partial charge < -0.3 is 10.1 Å². The number of ether oxygens (including phenoxy) is 1. The van der Waals surface area contributed by atoms with E-state index in [4.69, 9.17) is 11.6 Å². The minimum absolute atomic E-state index is 0.198. The van der Waals surface area contributed by atoms with Crippen LogP contribution in [0.4, 0.5) is 5.69 Å². The normalized spacial score (nSPS) is 10.6. The largest absolute Gasteiger partial charge is 0.465 e. The van der Waals surface area contributed by atoms with Crippen LogP contribution in [0.25, 0.3) is 6.08 Å². The van der Waals surface area contributed by atoms with E-state index in [-0.39, 0.29) is 11.5 Å². The molecule has 4 nitrogen and oxygen atoms in total. The Labute approximate surface area is 147 Å². The van der Waals surface area contributed by atoms with Gasteiger partial charge in [-0.1, -0.05) is 39.7 Å². The molecular weight excluding hydrogens is 382 g/mol. The molecule has 0 saturated carbocycles. The number of halogens is 2. The molecule has 0 aromatic heterocycles. The first kappa shape index (κ1) is 17.2. The molecule has 0 aliphatic rings. The molecule has 23 heavy (non-hydrogen) atoms. The molecule has 2 rings (SSSR count). The number of methoxy groups -OCH3 is 1. The Morgan fingerprint density at radius 3 is 2.70 bits per heavy atom. The van der Waals surface area contributed by atoms with Crippen molar-refractivity contribution in [3.8, 4) is 0 Å². The summed E-state index contributed by atoms with van der Waals surface area (Å²) in [5.74, 6) is -0.934. The van der Waals surface area contributed by atoms with Crippen molar-refractivity contribution in [2.45, 2.75) is 0 Å². The molecule has 0 atom stereocenters. The summed E-state index contributed by atoms with van der Waals surface area (Å²) >= 11 is 9.24. The Hall–Kier alpha value is -2.11. The molecular formula is C17H13BrClNO3. The fourth-order valence-corrected chi connectivity index (χ4v) is 2.45. The van der Waals surface area contributed by atoms with Gasteiger partial charge in [0.05, 0.1) is 18.4 Å². The van der Waals surface area contributed by atoms with Crippen molar-refractivity contribution in [3.05, 3.63) is 69.2 Å². The lowest BCUT2D eigenvalue weighted by Gasteiger charge is -2.08. The average molecular weight is 395 g/mol. The van der Waals surface area contributed by atoms with Gasteiger partial charge in [0, 0.05) is 15.6 Å². The van der Waals surface area contributed by atoms with Crippen molar-refractivity contribution in [1.29, 1.82) is 0 Å². The maximum atomic E-state index is 12.0. The number of rotatable bonds is 4. The fraction of sp³-hybridized carbons (Fsp3) is 0.0588. The number of benzene rings is 2. The average Bonchev–Trinajstić information content (AvgIpc) is 2.54. The van der Waals surface area contributed by atoms with Crippen molar-refractivity contribution in [1.82, 2.24) is 0 Å². The second-order valence-corrected chi connectivity index (χ2v) is 5.91. The predicted octanol–water partition coefficient (Wildman–Crippen LogP) is 4.54. The van der Waals surface area contributed by atoms with Crippen molar-refractivity contribution < 1.29 is 14.3 Å². The summed E-state index contributed by atoms with van der Waals surface area (Å²) in [6, 6.07) is 12.1. The lowest BCUT2D eigenvalue weighted by Crippen LogP contribution is -2.13. The number of hydrogen-bond donors (Lipinski definition) is 1. The highest BCUT2D eigenvalue weighted by Crippen LogP contribution is 2.21. The number of nitrogens with one attached hydrogen (secondary N) is 1. The van der Waals surface area contributed by atoms with E-state index in [1.165, 1.54) is 19.3 Å². The van der Waals surface area contributed by atoms with Crippen LogP contribution in [0.3, 0.4) is 0 Å². The van der Waals surface area contributed by atoms with Crippen LogP contribution < -0.4 is 5.32 Å². The van der Waals surface area contributed by atoms with Crippen LogP contribution in [-0.2, 0) is 9.53 Å². The lowest BCUT2D eigenvalue weighted by molar-refractivity contribution is -0.111. The molecule has 0 saturated heterocycles. The van der Waals surface area contributed by atoms with E-state index in [9.17, 15) is 9.59 Å². The molecule has 6 heteroatoms. The first-order valence-electron chi connectivity index (χ1n) is 6.62. The highest BCUT2D eigenvalue weighted by molar-refractivity contribution is 9.10. The van der Waals surface area contributed by atoms with Crippen LogP contribution in [-0.4, -0.2) is 19.0 Å². The number of amides is 1. The molecule has 1 amide bonds. The van der Waals surface area contributed by atoms with Gasteiger partial charge in [0.1, 0.15) is 0 Å². The quantitative estimate of drug-likeness (QED) is 0.612. The third-order valence-corrected chi connectivity index (χ3v) is 3.65. The molecule has 0 bridgehead atoms. The Morgan fingerprint density at radius 2 is 2.00 bits per heavy atom. The summed E-state index contributed by atoms with van der Waals surface area (Å²) < 4.78 is 5.61. The minimum atomic E-state index is -0.571. The number of carbonyl (C=O) groups excluding carboxylic acids is 2. The summed E-state index contributed by atoms with van der Waals surface area (Å²) in [5.41, 5.74) is 1.41. The maximum Gasteiger partial charge on any atom is 0.340 e. The molecule has 0 heterocycles. The molecule has 0 aliphatic carbocycles. The summed E-state index contributed by atoms with van der Waals surface area (Å²) in [6.07, 6.45) is 3.06. The van der Waals surface area contributed by atoms with Crippen LogP contribution in [0.5, 0.6) is 0 Å². The minimum Gasteiger partial charge on any atom is -0.465 e. The zero-order valence-corrected chi connectivity index (χ0v) is 14.5. The summed E-state index contributed by atoms with van der Waals surface area (Å²) in [4.78, 5) is 23.8. The molecule has 1 N–H and O–H groups in total. The lowest BCUT2D eigenvalue weighted by atomic mass is 10.1. The molecule has 0 radical (unpaired) electrons. The fourth-order valence-electron chi connectivity index (χ4n) is 1.86. The van der Waals surface area contributed by atoms with Gasteiger partial charge in [-0.3, -0.25) is 4.79 Å². The van der Waals surface area contributed by atoms with Crippen molar-refractivity contribution in [2.24, 2.45) is 0 Å². The molecule has 2 aromatic carbocycles. The van der Waals surface area contributed by atoms with Gasteiger partial charge in [0.15, 0.2) is 0 Å². The second kappa shape index (κ2) is 7.94. The highest BCUT2D eigenvalue weighted by Gasteiger charge is 2.13. The van der Waals surface area contributed by atoms with Crippen molar-refractivity contribution in [3.63, 3.8) is 0 Å². The van der Waals surface area contributed by atoms with Gasteiger partial charge in [-0.2, -0.15) is 0 Å². The van der Waals surface area contributed by atoms with E-state index in [0.29, 0.717) is 10.7 Å². The SMILES string of the molecule is COC(=O)c1cc(Cl)ccc1NC(=O)C=Cc1cccc(Br)c1. The van der Waals surface area contributed by atoms with E-state index >= 15 is 0 Å². The van der Waals surface area contributed by atoms with Crippen LogP contribution in [0, 0.1) is 0 Å².